The fourth-order valence-corrected chi connectivity index (χ4v) is 1.52. The van der Waals surface area contributed by atoms with Crippen molar-refractivity contribution in [2.75, 3.05) is 0 Å². The van der Waals surface area contributed by atoms with Gasteiger partial charge >= 0.3 is 11.9 Å². The SMILES string of the molecule is C/C(Cl)=C(/C(=O)O)c1ccccc1C(=O)O. The number of aromatic carboxylic acids is 1. The monoisotopic (exact) mass is 240 g/mol. The van der Waals surface area contributed by atoms with Crippen LogP contribution in [-0.2, 0) is 4.79 Å². The second kappa shape index (κ2) is 4.81. The molecule has 0 spiro atoms. The quantitative estimate of drug-likeness (QED) is 0.796. The predicted octanol–water partition coefficient (Wildman–Crippen LogP) is 2.44. The minimum atomic E-state index is -1.25. The lowest BCUT2D eigenvalue weighted by Crippen LogP contribution is -2.07. The summed E-state index contributed by atoms with van der Waals surface area (Å²) in [4.78, 5) is 21.9. The van der Waals surface area contributed by atoms with Gasteiger partial charge in [0.15, 0.2) is 0 Å². The number of carboxylic acid groups (broad SMARTS) is 2. The molecule has 0 aromatic heterocycles. The average molecular weight is 241 g/mol. The van der Waals surface area contributed by atoms with Crippen LogP contribution >= 0.6 is 11.6 Å². The van der Waals surface area contributed by atoms with Crippen LogP contribution < -0.4 is 0 Å². The van der Waals surface area contributed by atoms with E-state index in [-0.39, 0.29) is 21.7 Å². The lowest BCUT2D eigenvalue weighted by atomic mass is 9.99. The number of carbonyl (C=O) groups is 2. The smallest absolute Gasteiger partial charge is 0.337 e. The summed E-state index contributed by atoms with van der Waals surface area (Å²) in [6, 6.07) is 5.83. The number of hydrogen-bond acceptors (Lipinski definition) is 2. The second-order valence-electron chi connectivity index (χ2n) is 3.06. The number of aliphatic carboxylic acids is 1. The minimum Gasteiger partial charge on any atom is -0.478 e. The Morgan fingerprint density at radius 2 is 1.62 bits per heavy atom. The molecule has 1 aromatic rings. The van der Waals surface area contributed by atoms with Crippen LogP contribution in [0.3, 0.4) is 0 Å². The summed E-state index contributed by atoms with van der Waals surface area (Å²) in [7, 11) is 0. The molecule has 0 saturated heterocycles. The van der Waals surface area contributed by atoms with Crippen molar-refractivity contribution in [3.8, 4) is 0 Å². The molecule has 0 aliphatic carbocycles. The number of benzene rings is 1. The van der Waals surface area contributed by atoms with Crippen LogP contribution in [0.4, 0.5) is 0 Å². The Morgan fingerprint density at radius 3 is 2.00 bits per heavy atom. The zero-order chi connectivity index (χ0) is 12.3. The summed E-state index contributed by atoms with van der Waals surface area (Å²) in [5, 5.41) is 17.9. The van der Waals surface area contributed by atoms with E-state index in [1.54, 1.807) is 6.07 Å². The number of halogens is 1. The highest BCUT2D eigenvalue weighted by atomic mass is 35.5. The Hall–Kier alpha value is -1.81. The third-order valence-corrected chi connectivity index (χ3v) is 2.17. The Balaban J connectivity index is 3.49. The molecular formula is C11H9ClO4. The van der Waals surface area contributed by atoms with Gasteiger partial charge in [0, 0.05) is 10.6 Å². The Morgan fingerprint density at radius 1 is 1.12 bits per heavy atom. The maximum absolute atomic E-state index is 11.0. The third kappa shape index (κ3) is 2.41. The first-order valence-electron chi connectivity index (χ1n) is 4.37. The number of carboxylic acids is 2. The minimum absolute atomic E-state index is 0.0428. The van der Waals surface area contributed by atoms with Crippen LogP contribution in [0.1, 0.15) is 22.8 Å². The van der Waals surface area contributed by atoms with Crippen LogP contribution in [0, 0.1) is 0 Å². The molecule has 0 amide bonds. The maximum atomic E-state index is 11.0. The highest BCUT2D eigenvalue weighted by Gasteiger charge is 2.19. The Kier molecular flexibility index (Phi) is 3.68. The van der Waals surface area contributed by atoms with E-state index in [1.807, 2.05) is 0 Å². The van der Waals surface area contributed by atoms with Crippen molar-refractivity contribution in [1.29, 1.82) is 0 Å². The van der Waals surface area contributed by atoms with Crippen LogP contribution in [0.2, 0.25) is 0 Å². The van der Waals surface area contributed by atoms with Crippen molar-refractivity contribution in [2.24, 2.45) is 0 Å². The van der Waals surface area contributed by atoms with Crippen molar-refractivity contribution >= 4 is 29.1 Å². The molecule has 0 bridgehead atoms. The van der Waals surface area contributed by atoms with Crippen molar-refractivity contribution in [3.63, 3.8) is 0 Å². The molecule has 5 heteroatoms. The number of allylic oxidation sites excluding steroid dienone is 1. The fraction of sp³-hybridized carbons (Fsp3) is 0.0909. The molecule has 0 atom stereocenters. The molecular weight excluding hydrogens is 232 g/mol. The van der Waals surface area contributed by atoms with Crippen molar-refractivity contribution in [3.05, 3.63) is 40.4 Å². The fourth-order valence-electron chi connectivity index (χ4n) is 1.34. The molecule has 0 heterocycles. The summed E-state index contributed by atoms with van der Waals surface area (Å²) in [6.45, 7) is 1.41. The molecule has 0 aliphatic heterocycles. The van der Waals surface area contributed by atoms with Crippen molar-refractivity contribution in [1.82, 2.24) is 0 Å². The van der Waals surface area contributed by atoms with E-state index < -0.39 is 11.9 Å². The predicted molar refractivity (Wildman–Crippen MR) is 59.5 cm³/mol. The van der Waals surface area contributed by atoms with Gasteiger partial charge in [0.25, 0.3) is 0 Å². The first-order valence-corrected chi connectivity index (χ1v) is 4.75. The molecule has 1 rings (SSSR count). The Bertz CT molecular complexity index is 473. The van der Waals surface area contributed by atoms with Crippen molar-refractivity contribution in [2.45, 2.75) is 6.92 Å². The van der Waals surface area contributed by atoms with Crippen molar-refractivity contribution < 1.29 is 19.8 Å². The number of rotatable bonds is 3. The normalized spacial score (nSPS) is 11.9. The summed E-state index contributed by atoms with van der Waals surface area (Å²) >= 11 is 5.66. The zero-order valence-electron chi connectivity index (χ0n) is 8.40. The van der Waals surface area contributed by atoms with E-state index in [2.05, 4.69) is 0 Å². The molecule has 1 aromatic carbocycles. The molecule has 16 heavy (non-hydrogen) atoms. The average Bonchev–Trinajstić information content (AvgIpc) is 2.17. The molecule has 0 unspecified atom stereocenters. The second-order valence-corrected chi connectivity index (χ2v) is 3.63. The van der Waals surface area contributed by atoms with Gasteiger partial charge in [0.1, 0.15) is 0 Å². The van der Waals surface area contributed by atoms with Gasteiger partial charge in [0.05, 0.1) is 11.1 Å². The summed E-state index contributed by atoms with van der Waals surface area (Å²) in [5.74, 6) is -2.44. The summed E-state index contributed by atoms with van der Waals surface area (Å²) in [5.41, 5.74) is -0.172. The van der Waals surface area contributed by atoms with Gasteiger partial charge < -0.3 is 10.2 Å². The standard InChI is InChI=1S/C11H9ClO4/c1-6(12)9(11(15)16)7-4-2-3-5-8(7)10(13)14/h2-5H,1H3,(H,13,14)(H,15,16)/b9-6-. The first kappa shape index (κ1) is 12.3. The largest absolute Gasteiger partial charge is 0.478 e. The van der Waals surface area contributed by atoms with E-state index in [0.29, 0.717) is 0 Å². The van der Waals surface area contributed by atoms with E-state index in [1.165, 1.54) is 25.1 Å². The molecule has 2 N–H and O–H groups in total. The van der Waals surface area contributed by atoms with Gasteiger partial charge in [-0.15, -0.1) is 0 Å². The molecule has 4 nitrogen and oxygen atoms in total. The van der Waals surface area contributed by atoms with Gasteiger partial charge in [-0.3, -0.25) is 0 Å². The summed E-state index contributed by atoms with van der Waals surface area (Å²) in [6.07, 6.45) is 0. The topological polar surface area (TPSA) is 74.6 Å². The molecule has 0 radical (unpaired) electrons. The molecule has 0 fully saturated rings. The van der Waals surface area contributed by atoms with Gasteiger partial charge in [-0.1, -0.05) is 29.8 Å². The van der Waals surface area contributed by atoms with Crippen LogP contribution in [0.25, 0.3) is 5.57 Å². The number of hydrogen-bond donors (Lipinski definition) is 2. The Labute approximate surface area is 96.8 Å². The van der Waals surface area contributed by atoms with Gasteiger partial charge in [-0.2, -0.15) is 0 Å². The molecule has 0 aliphatic rings. The zero-order valence-corrected chi connectivity index (χ0v) is 9.15. The van der Waals surface area contributed by atoms with Crippen LogP contribution in [0.5, 0.6) is 0 Å². The maximum Gasteiger partial charge on any atom is 0.337 e. The van der Waals surface area contributed by atoms with Crippen LogP contribution in [-0.4, -0.2) is 22.2 Å². The highest BCUT2D eigenvalue weighted by molar-refractivity contribution is 6.38. The van der Waals surface area contributed by atoms with Gasteiger partial charge in [0.2, 0.25) is 0 Å². The molecule has 0 saturated carbocycles. The van der Waals surface area contributed by atoms with E-state index in [0.717, 1.165) is 0 Å². The van der Waals surface area contributed by atoms with E-state index >= 15 is 0 Å². The lowest BCUT2D eigenvalue weighted by Gasteiger charge is -2.07. The van der Waals surface area contributed by atoms with Crippen LogP contribution in [0.15, 0.2) is 29.3 Å². The summed E-state index contributed by atoms with van der Waals surface area (Å²) < 4.78 is 0. The first-order chi connectivity index (χ1) is 7.45. The lowest BCUT2D eigenvalue weighted by molar-refractivity contribution is -0.130. The third-order valence-electron chi connectivity index (χ3n) is 1.99. The van der Waals surface area contributed by atoms with E-state index in [4.69, 9.17) is 21.8 Å². The van der Waals surface area contributed by atoms with Gasteiger partial charge in [-0.05, 0) is 13.0 Å². The highest BCUT2D eigenvalue weighted by Crippen LogP contribution is 2.24. The van der Waals surface area contributed by atoms with E-state index in [9.17, 15) is 9.59 Å². The van der Waals surface area contributed by atoms with Gasteiger partial charge in [-0.25, -0.2) is 9.59 Å². The molecule has 84 valence electrons.